The van der Waals surface area contributed by atoms with Gasteiger partial charge in [-0.1, -0.05) is 34.1 Å². The number of aryl methyl sites for hydroxylation is 1. The van der Waals surface area contributed by atoms with E-state index in [0.717, 1.165) is 22.4 Å². The highest BCUT2D eigenvalue weighted by atomic mass is 79.9. The molecule has 1 heterocycles. The molecule has 1 N–H and O–H groups in total. The maximum Gasteiger partial charge on any atom is 0.125 e. The SMILES string of the molecule is CNCCc1nc(-c2ccccc2Br)sc1C. The molecular weight excluding hydrogens is 296 g/mol. The highest BCUT2D eigenvalue weighted by Crippen LogP contribution is 2.32. The summed E-state index contributed by atoms with van der Waals surface area (Å²) < 4.78 is 1.11. The molecule has 2 aromatic rings. The van der Waals surface area contributed by atoms with Crippen LogP contribution < -0.4 is 5.32 Å². The van der Waals surface area contributed by atoms with Crippen molar-refractivity contribution in [2.24, 2.45) is 0 Å². The number of hydrogen-bond donors (Lipinski definition) is 1. The predicted molar refractivity (Wildman–Crippen MR) is 77.6 cm³/mol. The van der Waals surface area contributed by atoms with Crippen LogP contribution in [0.25, 0.3) is 10.6 Å². The molecule has 2 nitrogen and oxygen atoms in total. The lowest BCUT2D eigenvalue weighted by Gasteiger charge is -1.99. The molecule has 1 aromatic carbocycles. The molecule has 0 atom stereocenters. The summed E-state index contributed by atoms with van der Waals surface area (Å²) in [6.45, 7) is 3.11. The largest absolute Gasteiger partial charge is 0.319 e. The molecule has 1 aromatic heterocycles. The molecule has 90 valence electrons. The standard InChI is InChI=1S/C13H15BrN2S/c1-9-12(7-8-15-2)16-13(17-9)10-5-3-4-6-11(10)14/h3-6,15H,7-8H2,1-2H3. The van der Waals surface area contributed by atoms with Crippen molar-refractivity contribution in [3.63, 3.8) is 0 Å². The molecule has 0 amide bonds. The van der Waals surface area contributed by atoms with Crippen molar-refractivity contribution in [3.8, 4) is 10.6 Å². The first kappa shape index (κ1) is 12.7. The molecule has 0 aliphatic rings. The fourth-order valence-corrected chi connectivity index (χ4v) is 3.26. The van der Waals surface area contributed by atoms with Crippen molar-refractivity contribution in [1.82, 2.24) is 10.3 Å². The van der Waals surface area contributed by atoms with Crippen LogP contribution in [0.15, 0.2) is 28.7 Å². The second-order valence-electron chi connectivity index (χ2n) is 3.86. The molecular formula is C13H15BrN2S. The molecule has 0 aliphatic carbocycles. The first-order valence-electron chi connectivity index (χ1n) is 5.58. The predicted octanol–water partition coefficient (Wildman–Crippen LogP) is 3.64. The van der Waals surface area contributed by atoms with Crippen LogP contribution in [0.1, 0.15) is 10.6 Å². The molecule has 0 saturated heterocycles. The summed E-state index contributed by atoms with van der Waals surface area (Å²) in [6.07, 6.45) is 0.989. The van der Waals surface area contributed by atoms with Gasteiger partial charge in [0.1, 0.15) is 5.01 Å². The van der Waals surface area contributed by atoms with Crippen LogP contribution in [0, 0.1) is 6.92 Å². The van der Waals surface area contributed by atoms with E-state index < -0.39 is 0 Å². The van der Waals surface area contributed by atoms with Crippen LogP contribution in [0.5, 0.6) is 0 Å². The minimum absolute atomic E-state index is 0.972. The first-order valence-corrected chi connectivity index (χ1v) is 7.19. The Morgan fingerprint density at radius 1 is 1.35 bits per heavy atom. The third-order valence-corrected chi connectivity index (χ3v) is 4.35. The molecule has 0 fully saturated rings. The molecule has 0 radical (unpaired) electrons. The van der Waals surface area contributed by atoms with Gasteiger partial charge in [0.05, 0.1) is 5.69 Å². The number of likely N-dealkylation sites (N-methyl/N-ethyl adjacent to an activating group) is 1. The van der Waals surface area contributed by atoms with E-state index >= 15 is 0 Å². The highest BCUT2D eigenvalue weighted by Gasteiger charge is 2.10. The van der Waals surface area contributed by atoms with E-state index in [9.17, 15) is 0 Å². The third kappa shape index (κ3) is 2.94. The van der Waals surface area contributed by atoms with Crippen molar-refractivity contribution in [1.29, 1.82) is 0 Å². The number of hydrogen-bond acceptors (Lipinski definition) is 3. The fourth-order valence-electron chi connectivity index (χ4n) is 1.65. The monoisotopic (exact) mass is 310 g/mol. The van der Waals surface area contributed by atoms with E-state index in [1.165, 1.54) is 16.1 Å². The number of rotatable bonds is 4. The molecule has 0 saturated carbocycles. The topological polar surface area (TPSA) is 24.9 Å². The van der Waals surface area contributed by atoms with Crippen LogP contribution in [-0.2, 0) is 6.42 Å². The van der Waals surface area contributed by atoms with Gasteiger partial charge < -0.3 is 5.32 Å². The van der Waals surface area contributed by atoms with Gasteiger partial charge in [0.25, 0.3) is 0 Å². The van der Waals surface area contributed by atoms with Gasteiger partial charge in [-0.25, -0.2) is 4.98 Å². The summed E-state index contributed by atoms with van der Waals surface area (Å²) in [5, 5.41) is 4.26. The van der Waals surface area contributed by atoms with E-state index in [0.29, 0.717) is 0 Å². The number of halogens is 1. The van der Waals surface area contributed by atoms with Crippen LogP contribution in [0.2, 0.25) is 0 Å². The summed E-state index contributed by atoms with van der Waals surface area (Å²) in [5.74, 6) is 0. The minimum Gasteiger partial charge on any atom is -0.319 e. The summed E-state index contributed by atoms with van der Waals surface area (Å²) in [6, 6.07) is 8.23. The van der Waals surface area contributed by atoms with Gasteiger partial charge in [-0.2, -0.15) is 0 Å². The van der Waals surface area contributed by atoms with Gasteiger partial charge in [0.2, 0.25) is 0 Å². The Balaban J connectivity index is 2.31. The van der Waals surface area contributed by atoms with Gasteiger partial charge >= 0.3 is 0 Å². The van der Waals surface area contributed by atoms with Gasteiger partial charge in [-0.05, 0) is 20.0 Å². The maximum absolute atomic E-state index is 4.73. The Kier molecular flexibility index (Phi) is 4.31. The second-order valence-corrected chi connectivity index (χ2v) is 5.91. The Labute approximate surface area is 114 Å². The van der Waals surface area contributed by atoms with E-state index in [-0.39, 0.29) is 0 Å². The van der Waals surface area contributed by atoms with E-state index in [4.69, 9.17) is 4.98 Å². The van der Waals surface area contributed by atoms with E-state index in [2.05, 4.69) is 40.3 Å². The smallest absolute Gasteiger partial charge is 0.125 e. The Morgan fingerprint density at radius 2 is 2.12 bits per heavy atom. The lowest BCUT2D eigenvalue weighted by atomic mass is 10.2. The zero-order chi connectivity index (χ0) is 12.3. The van der Waals surface area contributed by atoms with Gasteiger partial charge in [0, 0.05) is 27.9 Å². The second kappa shape index (κ2) is 5.76. The zero-order valence-corrected chi connectivity index (χ0v) is 12.4. The number of benzene rings is 1. The molecule has 17 heavy (non-hydrogen) atoms. The molecule has 0 bridgehead atoms. The summed E-state index contributed by atoms with van der Waals surface area (Å²) in [5.41, 5.74) is 2.38. The quantitative estimate of drug-likeness (QED) is 0.932. The molecule has 4 heteroatoms. The highest BCUT2D eigenvalue weighted by molar-refractivity contribution is 9.10. The van der Waals surface area contributed by atoms with E-state index in [1.807, 2.05) is 19.2 Å². The summed E-state index contributed by atoms with van der Waals surface area (Å²) in [7, 11) is 1.97. The summed E-state index contributed by atoms with van der Waals surface area (Å²) >= 11 is 5.34. The first-order chi connectivity index (χ1) is 8.22. The number of nitrogens with zero attached hydrogens (tertiary/aromatic N) is 1. The van der Waals surface area contributed by atoms with Crippen molar-refractivity contribution >= 4 is 27.3 Å². The average Bonchev–Trinajstić information content (AvgIpc) is 2.68. The Hall–Kier alpha value is -0.710. The van der Waals surface area contributed by atoms with Crippen molar-refractivity contribution < 1.29 is 0 Å². The van der Waals surface area contributed by atoms with Crippen molar-refractivity contribution in [2.45, 2.75) is 13.3 Å². The number of thiazole rings is 1. The molecule has 0 unspecified atom stereocenters. The van der Waals surface area contributed by atoms with Crippen LogP contribution >= 0.6 is 27.3 Å². The van der Waals surface area contributed by atoms with E-state index in [1.54, 1.807) is 11.3 Å². The molecule has 0 aliphatic heterocycles. The van der Waals surface area contributed by atoms with Crippen LogP contribution in [-0.4, -0.2) is 18.6 Å². The normalized spacial score (nSPS) is 10.8. The molecule has 0 spiro atoms. The lowest BCUT2D eigenvalue weighted by molar-refractivity contribution is 0.777. The Bertz CT molecular complexity index is 508. The van der Waals surface area contributed by atoms with Gasteiger partial charge in [-0.3, -0.25) is 0 Å². The van der Waals surface area contributed by atoms with Crippen LogP contribution in [0.4, 0.5) is 0 Å². The van der Waals surface area contributed by atoms with Gasteiger partial charge in [-0.15, -0.1) is 11.3 Å². The van der Waals surface area contributed by atoms with Gasteiger partial charge in [0.15, 0.2) is 0 Å². The minimum atomic E-state index is 0.972. The van der Waals surface area contributed by atoms with Crippen molar-refractivity contribution in [3.05, 3.63) is 39.3 Å². The fraction of sp³-hybridized carbons (Fsp3) is 0.308. The Morgan fingerprint density at radius 3 is 2.82 bits per heavy atom. The lowest BCUT2D eigenvalue weighted by Crippen LogP contribution is -2.10. The number of nitrogens with one attached hydrogen (secondary N) is 1. The average molecular weight is 311 g/mol. The third-order valence-electron chi connectivity index (χ3n) is 2.61. The maximum atomic E-state index is 4.73. The number of aromatic nitrogens is 1. The van der Waals surface area contributed by atoms with Crippen molar-refractivity contribution in [2.75, 3.05) is 13.6 Å². The summed E-state index contributed by atoms with van der Waals surface area (Å²) in [4.78, 5) is 6.04. The molecule has 2 rings (SSSR count). The van der Waals surface area contributed by atoms with Crippen LogP contribution in [0.3, 0.4) is 0 Å². The zero-order valence-electron chi connectivity index (χ0n) is 9.96.